The Morgan fingerprint density at radius 1 is 1.00 bits per heavy atom. The van der Waals surface area contributed by atoms with Gasteiger partial charge in [-0.25, -0.2) is 0 Å². The van der Waals surface area contributed by atoms with Gasteiger partial charge < -0.3 is 14.7 Å². The van der Waals surface area contributed by atoms with E-state index in [0.717, 1.165) is 23.4 Å². The van der Waals surface area contributed by atoms with Crippen LogP contribution >= 0.6 is 0 Å². The summed E-state index contributed by atoms with van der Waals surface area (Å²) in [6, 6.07) is 15.1. The summed E-state index contributed by atoms with van der Waals surface area (Å²) in [6.45, 7) is 1.58. The van der Waals surface area contributed by atoms with Crippen molar-refractivity contribution < 1.29 is 9.84 Å². The summed E-state index contributed by atoms with van der Waals surface area (Å²) >= 11 is 0. The Bertz CT molecular complexity index is 521. The minimum Gasteiger partial charge on any atom is -0.508 e. The first kappa shape index (κ1) is 13.4. The summed E-state index contributed by atoms with van der Waals surface area (Å²) in [6.07, 6.45) is 0. The molecule has 0 unspecified atom stereocenters. The number of benzene rings is 2. The van der Waals surface area contributed by atoms with Gasteiger partial charge in [0.05, 0.1) is 0 Å². The smallest absolute Gasteiger partial charge is 0.119 e. The molecule has 0 aliphatic rings. The molecule has 3 heteroatoms. The van der Waals surface area contributed by atoms with E-state index in [1.165, 1.54) is 0 Å². The van der Waals surface area contributed by atoms with Crippen LogP contribution in [-0.2, 0) is 0 Å². The Hall–Kier alpha value is -2.00. The lowest BCUT2D eigenvalue weighted by atomic mass is 10.1. The first-order valence-corrected chi connectivity index (χ1v) is 6.32. The van der Waals surface area contributed by atoms with Crippen LogP contribution in [-0.4, -0.2) is 37.3 Å². The largest absolute Gasteiger partial charge is 0.508 e. The van der Waals surface area contributed by atoms with E-state index < -0.39 is 0 Å². The molecule has 0 heterocycles. The summed E-state index contributed by atoms with van der Waals surface area (Å²) in [4.78, 5) is 2.08. The lowest BCUT2D eigenvalue weighted by Crippen LogP contribution is -2.19. The second-order valence-electron chi connectivity index (χ2n) is 4.73. The van der Waals surface area contributed by atoms with Crippen molar-refractivity contribution in [1.82, 2.24) is 4.90 Å². The highest BCUT2D eigenvalue weighted by molar-refractivity contribution is 5.65. The van der Waals surface area contributed by atoms with Crippen LogP contribution < -0.4 is 4.74 Å². The van der Waals surface area contributed by atoms with Crippen molar-refractivity contribution in [1.29, 1.82) is 0 Å². The molecule has 100 valence electrons. The third-order valence-corrected chi connectivity index (χ3v) is 2.84. The molecule has 0 amide bonds. The zero-order valence-electron chi connectivity index (χ0n) is 11.3. The Kier molecular flexibility index (Phi) is 4.42. The molecule has 0 bridgehead atoms. The Morgan fingerprint density at radius 2 is 1.74 bits per heavy atom. The number of phenolic OH excluding ortho intramolecular Hbond substituents is 1. The van der Waals surface area contributed by atoms with Gasteiger partial charge in [0.1, 0.15) is 18.1 Å². The summed E-state index contributed by atoms with van der Waals surface area (Å²) < 4.78 is 5.64. The summed E-state index contributed by atoms with van der Waals surface area (Å²) in [7, 11) is 4.04. The first-order chi connectivity index (χ1) is 9.15. The minimum atomic E-state index is 0.281. The second-order valence-corrected chi connectivity index (χ2v) is 4.73. The van der Waals surface area contributed by atoms with Gasteiger partial charge in [-0.3, -0.25) is 0 Å². The summed E-state index contributed by atoms with van der Waals surface area (Å²) in [5.74, 6) is 1.15. The van der Waals surface area contributed by atoms with Crippen molar-refractivity contribution in [2.75, 3.05) is 27.2 Å². The van der Waals surface area contributed by atoms with Crippen LogP contribution in [0.3, 0.4) is 0 Å². The Morgan fingerprint density at radius 3 is 2.37 bits per heavy atom. The SMILES string of the molecule is CN(C)CCOc1ccc(-c2cccc(O)c2)cc1. The molecule has 1 N–H and O–H groups in total. The standard InChI is InChI=1S/C16H19NO2/c1-17(2)10-11-19-16-8-6-13(7-9-16)14-4-3-5-15(18)12-14/h3-9,12,18H,10-11H2,1-2H3. The predicted molar refractivity (Wildman–Crippen MR) is 77.6 cm³/mol. The van der Waals surface area contributed by atoms with E-state index in [-0.39, 0.29) is 5.75 Å². The van der Waals surface area contributed by atoms with Gasteiger partial charge in [0.2, 0.25) is 0 Å². The molecule has 3 nitrogen and oxygen atoms in total. The molecular weight excluding hydrogens is 238 g/mol. The van der Waals surface area contributed by atoms with Crippen LogP contribution in [0.2, 0.25) is 0 Å². The molecule has 2 rings (SSSR count). The molecular formula is C16H19NO2. The van der Waals surface area contributed by atoms with E-state index in [0.29, 0.717) is 6.61 Å². The van der Waals surface area contributed by atoms with Crippen molar-refractivity contribution in [3.63, 3.8) is 0 Å². The molecule has 0 aliphatic heterocycles. The van der Waals surface area contributed by atoms with Crippen LogP contribution in [0.5, 0.6) is 11.5 Å². The number of rotatable bonds is 5. The van der Waals surface area contributed by atoms with Gasteiger partial charge >= 0.3 is 0 Å². The lowest BCUT2D eigenvalue weighted by Gasteiger charge is -2.11. The van der Waals surface area contributed by atoms with Gasteiger partial charge in [0, 0.05) is 6.54 Å². The van der Waals surface area contributed by atoms with Crippen LogP contribution in [0.4, 0.5) is 0 Å². The fourth-order valence-corrected chi connectivity index (χ4v) is 1.78. The van der Waals surface area contributed by atoms with E-state index in [4.69, 9.17) is 4.74 Å². The van der Waals surface area contributed by atoms with Crippen molar-refractivity contribution >= 4 is 0 Å². The van der Waals surface area contributed by atoms with Crippen LogP contribution in [0, 0.1) is 0 Å². The van der Waals surface area contributed by atoms with Crippen molar-refractivity contribution in [2.24, 2.45) is 0 Å². The van der Waals surface area contributed by atoms with Gasteiger partial charge in [0.15, 0.2) is 0 Å². The number of likely N-dealkylation sites (N-methyl/N-ethyl adjacent to an activating group) is 1. The maximum Gasteiger partial charge on any atom is 0.119 e. The van der Waals surface area contributed by atoms with Crippen molar-refractivity contribution in [2.45, 2.75) is 0 Å². The summed E-state index contributed by atoms with van der Waals surface area (Å²) in [5.41, 5.74) is 2.07. The van der Waals surface area contributed by atoms with Gasteiger partial charge in [-0.05, 0) is 49.5 Å². The van der Waals surface area contributed by atoms with E-state index in [1.807, 2.05) is 50.5 Å². The summed E-state index contributed by atoms with van der Waals surface area (Å²) in [5, 5.41) is 9.47. The molecule has 0 saturated heterocycles. The molecule has 0 atom stereocenters. The molecule has 0 aromatic heterocycles. The van der Waals surface area contributed by atoms with Crippen LogP contribution in [0.1, 0.15) is 0 Å². The van der Waals surface area contributed by atoms with Gasteiger partial charge in [0.25, 0.3) is 0 Å². The number of hydrogen-bond donors (Lipinski definition) is 1. The number of nitrogens with zero attached hydrogens (tertiary/aromatic N) is 1. The average molecular weight is 257 g/mol. The van der Waals surface area contributed by atoms with E-state index >= 15 is 0 Å². The van der Waals surface area contributed by atoms with Gasteiger partial charge in [-0.15, -0.1) is 0 Å². The first-order valence-electron chi connectivity index (χ1n) is 6.32. The van der Waals surface area contributed by atoms with Crippen LogP contribution in [0.25, 0.3) is 11.1 Å². The molecule has 0 saturated carbocycles. The third-order valence-electron chi connectivity index (χ3n) is 2.84. The molecule has 0 aliphatic carbocycles. The van der Waals surface area contributed by atoms with E-state index in [1.54, 1.807) is 12.1 Å². The fraction of sp³-hybridized carbons (Fsp3) is 0.250. The maximum absolute atomic E-state index is 9.47. The third kappa shape index (κ3) is 4.00. The number of ether oxygens (including phenoxy) is 1. The highest BCUT2D eigenvalue weighted by Crippen LogP contribution is 2.25. The molecule has 2 aromatic rings. The normalized spacial score (nSPS) is 10.7. The lowest BCUT2D eigenvalue weighted by molar-refractivity contribution is 0.261. The van der Waals surface area contributed by atoms with Crippen LogP contribution in [0.15, 0.2) is 48.5 Å². The zero-order chi connectivity index (χ0) is 13.7. The Balaban J connectivity index is 2.02. The number of phenols is 1. The number of hydrogen-bond acceptors (Lipinski definition) is 3. The molecule has 0 spiro atoms. The van der Waals surface area contributed by atoms with E-state index in [2.05, 4.69) is 4.90 Å². The second kappa shape index (κ2) is 6.25. The average Bonchev–Trinajstić information content (AvgIpc) is 2.39. The highest BCUT2D eigenvalue weighted by atomic mass is 16.5. The fourth-order valence-electron chi connectivity index (χ4n) is 1.78. The zero-order valence-corrected chi connectivity index (χ0v) is 11.3. The number of aromatic hydroxyl groups is 1. The minimum absolute atomic E-state index is 0.281. The Labute approximate surface area is 114 Å². The maximum atomic E-state index is 9.47. The topological polar surface area (TPSA) is 32.7 Å². The predicted octanol–water partition coefficient (Wildman–Crippen LogP) is 3.00. The quantitative estimate of drug-likeness (QED) is 0.893. The molecule has 0 radical (unpaired) electrons. The van der Waals surface area contributed by atoms with Gasteiger partial charge in [-0.2, -0.15) is 0 Å². The highest BCUT2D eigenvalue weighted by Gasteiger charge is 2.00. The van der Waals surface area contributed by atoms with Crippen molar-refractivity contribution in [3.8, 4) is 22.6 Å². The molecule has 19 heavy (non-hydrogen) atoms. The van der Waals surface area contributed by atoms with Crippen molar-refractivity contribution in [3.05, 3.63) is 48.5 Å². The van der Waals surface area contributed by atoms with Gasteiger partial charge in [-0.1, -0.05) is 24.3 Å². The monoisotopic (exact) mass is 257 g/mol. The molecule has 0 fully saturated rings. The van der Waals surface area contributed by atoms with E-state index in [9.17, 15) is 5.11 Å². The molecule has 2 aromatic carbocycles.